The Bertz CT molecular complexity index is 588. The van der Waals surface area contributed by atoms with E-state index in [1.54, 1.807) is 18.2 Å². The van der Waals surface area contributed by atoms with E-state index in [-0.39, 0.29) is 0 Å². The van der Waals surface area contributed by atoms with Gasteiger partial charge in [0.05, 0.1) is 0 Å². The van der Waals surface area contributed by atoms with Crippen LogP contribution >= 0.6 is 0 Å². The number of carbonyl (C=O) groups is 2. The van der Waals surface area contributed by atoms with Crippen LogP contribution in [0, 0.1) is 6.92 Å². The first-order valence-corrected chi connectivity index (χ1v) is 7.28. The fraction of sp³-hybridized carbons (Fsp3) is 0.500. The second kappa shape index (κ2) is 8.03. The zero-order chi connectivity index (χ0) is 18.5. The average molecular weight is 346 g/mol. The van der Waals surface area contributed by atoms with Crippen LogP contribution in [-0.4, -0.2) is 61.1 Å². The van der Waals surface area contributed by atoms with Crippen molar-refractivity contribution in [1.82, 2.24) is 9.80 Å². The van der Waals surface area contributed by atoms with Crippen LogP contribution < -0.4 is 4.74 Å². The van der Waals surface area contributed by atoms with Crippen molar-refractivity contribution < 1.29 is 27.5 Å². The maximum absolute atomic E-state index is 12.7. The molecular formula is C16H21F3N2O3. The Morgan fingerprint density at radius 1 is 1.25 bits per heavy atom. The van der Waals surface area contributed by atoms with E-state index in [4.69, 9.17) is 4.74 Å². The minimum Gasteiger partial charge on any atom is -0.481 e. The monoisotopic (exact) mass is 346 g/mol. The lowest BCUT2D eigenvalue weighted by atomic mass is 10.2. The topological polar surface area (TPSA) is 49.9 Å². The van der Waals surface area contributed by atoms with Gasteiger partial charge >= 0.3 is 6.18 Å². The van der Waals surface area contributed by atoms with Gasteiger partial charge in [0, 0.05) is 14.1 Å². The minimum absolute atomic E-state index is 0.377. The zero-order valence-electron chi connectivity index (χ0n) is 14.1. The Balaban J connectivity index is 2.86. The van der Waals surface area contributed by atoms with Crippen LogP contribution in [0.15, 0.2) is 24.3 Å². The molecule has 1 atom stereocenters. The van der Waals surface area contributed by atoms with Crippen LogP contribution in [0.3, 0.4) is 0 Å². The third kappa shape index (κ3) is 6.47. The van der Waals surface area contributed by atoms with Crippen molar-refractivity contribution in [2.45, 2.75) is 26.1 Å². The average Bonchev–Trinajstić information content (AvgIpc) is 2.44. The molecule has 0 saturated carbocycles. The van der Waals surface area contributed by atoms with Crippen molar-refractivity contribution in [1.29, 1.82) is 0 Å². The number of amides is 2. The van der Waals surface area contributed by atoms with Gasteiger partial charge in [-0.3, -0.25) is 9.59 Å². The van der Waals surface area contributed by atoms with E-state index in [0.717, 1.165) is 10.5 Å². The quantitative estimate of drug-likeness (QED) is 0.794. The Labute approximate surface area is 139 Å². The van der Waals surface area contributed by atoms with E-state index >= 15 is 0 Å². The first kappa shape index (κ1) is 19.8. The minimum atomic E-state index is -4.61. The van der Waals surface area contributed by atoms with Crippen LogP contribution in [0.25, 0.3) is 0 Å². The van der Waals surface area contributed by atoms with Gasteiger partial charge in [0.2, 0.25) is 5.91 Å². The second-order valence-corrected chi connectivity index (χ2v) is 5.67. The molecule has 0 N–H and O–H groups in total. The molecule has 1 unspecified atom stereocenters. The Morgan fingerprint density at radius 2 is 1.88 bits per heavy atom. The lowest BCUT2D eigenvalue weighted by Gasteiger charge is -2.27. The number of halogens is 3. The smallest absolute Gasteiger partial charge is 0.406 e. The summed E-state index contributed by atoms with van der Waals surface area (Å²) in [6.07, 6.45) is -5.75. The number of carbonyl (C=O) groups excluding carboxylic acids is 2. The van der Waals surface area contributed by atoms with Gasteiger partial charge in [-0.15, -0.1) is 0 Å². The summed E-state index contributed by atoms with van der Waals surface area (Å²) in [4.78, 5) is 25.6. The first-order chi connectivity index (χ1) is 11.0. The van der Waals surface area contributed by atoms with Crippen LogP contribution in [0.5, 0.6) is 5.75 Å². The fourth-order valence-corrected chi connectivity index (χ4v) is 1.93. The molecule has 0 heterocycles. The predicted molar refractivity (Wildman–Crippen MR) is 82.6 cm³/mol. The number of benzene rings is 1. The summed E-state index contributed by atoms with van der Waals surface area (Å²) in [7, 11) is 2.82. The molecule has 0 aliphatic heterocycles. The second-order valence-electron chi connectivity index (χ2n) is 5.67. The fourth-order valence-electron chi connectivity index (χ4n) is 1.93. The van der Waals surface area contributed by atoms with E-state index in [1.807, 2.05) is 13.0 Å². The first-order valence-electron chi connectivity index (χ1n) is 7.28. The van der Waals surface area contributed by atoms with E-state index in [9.17, 15) is 22.8 Å². The van der Waals surface area contributed by atoms with Crippen LogP contribution in [-0.2, 0) is 9.59 Å². The van der Waals surface area contributed by atoms with E-state index in [2.05, 4.69) is 0 Å². The van der Waals surface area contributed by atoms with Crippen LogP contribution in [0.4, 0.5) is 13.2 Å². The summed E-state index contributed by atoms with van der Waals surface area (Å²) < 4.78 is 43.5. The van der Waals surface area contributed by atoms with Gasteiger partial charge < -0.3 is 14.5 Å². The maximum atomic E-state index is 12.7. The zero-order valence-corrected chi connectivity index (χ0v) is 14.1. The Kier molecular flexibility index (Phi) is 6.62. The standard InChI is InChI=1S/C16H21F3N2O3/c1-11-6-5-7-13(8-11)24-12(2)15(23)21(10-16(17,18)19)9-14(22)20(3)4/h5-8,12H,9-10H2,1-4H3. The largest absolute Gasteiger partial charge is 0.481 e. The molecule has 5 nitrogen and oxygen atoms in total. The number of nitrogens with zero attached hydrogens (tertiary/aromatic N) is 2. The number of alkyl halides is 3. The van der Waals surface area contributed by atoms with Crippen molar-refractivity contribution in [3.05, 3.63) is 29.8 Å². The summed E-state index contributed by atoms with van der Waals surface area (Å²) >= 11 is 0. The normalized spacial score (nSPS) is 12.5. The number of hydrogen-bond donors (Lipinski definition) is 0. The summed E-state index contributed by atoms with van der Waals surface area (Å²) in [5, 5.41) is 0. The number of rotatable bonds is 6. The highest BCUT2D eigenvalue weighted by molar-refractivity contribution is 5.86. The van der Waals surface area contributed by atoms with Gasteiger partial charge in [-0.2, -0.15) is 13.2 Å². The van der Waals surface area contributed by atoms with E-state index < -0.39 is 37.2 Å². The van der Waals surface area contributed by atoms with Crippen LogP contribution in [0.2, 0.25) is 0 Å². The molecule has 0 aromatic heterocycles. The van der Waals surface area contributed by atoms with Gasteiger partial charge in [-0.05, 0) is 31.5 Å². The molecule has 0 aliphatic rings. The van der Waals surface area contributed by atoms with Crippen molar-refractivity contribution >= 4 is 11.8 Å². The van der Waals surface area contributed by atoms with Crippen molar-refractivity contribution in [2.75, 3.05) is 27.2 Å². The van der Waals surface area contributed by atoms with Crippen molar-refractivity contribution in [3.8, 4) is 5.75 Å². The molecule has 1 rings (SSSR count). The highest BCUT2D eigenvalue weighted by atomic mass is 19.4. The third-order valence-electron chi connectivity index (χ3n) is 3.16. The SMILES string of the molecule is Cc1cccc(OC(C)C(=O)N(CC(=O)N(C)C)CC(F)(F)F)c1. The molecule has 24 heavy (non-hydrogen) atoms. The molecule has 0 saturated heterocycles. The number of aryl methyl sites for hydroxylation is 1. The molecule has 0 spiro atoms. The number of hydrogen-bond acceptors (Lipinski definition) is 3. The molecule has 1 aromatic rings. The van der Waals surface area contributed by atoms with Gasteiger partial charge in [-0.1, -0.05) is 12.1 Å². The van der Waals surface area contributed by atoms with Gasteiger partial charge in [0.25, 0.3) is 5.91 Å². The number of ether oxygens (including phenoxy) is 1. The lowest BCUT2D eigenvalue weighted by Crippen LogP contribution is -2.49. The maximum Gasteiger partial charge on any atom is 0.406 e. The van der Waals surface area contributed by atoms with Crippen LogP contribution in [0.1, 0.15) is 12.5 Å². The summed E-state index contributed by atoms with van der Waals surface area (Å²) in [5.74, 6) is -1.12. The number of likely N-dealkylation sites (N-methyl/N-ethyl adjacent to an activating group) is 1. The molecule has 0 fully saturated rings. The van der Waals surface area contributed by atoms with E-state index in [0.29, 0.717) is 10.6 Å². The molecule has 1 aromatic carbocycles. The summed E-state index contributed by atoms with van der Waals surface area (Å²) in [5.41, 5.74) is 0.891. The summed E-state index contributed by atoms with van der Waals surface area (Å²) in [6.45, 7) is 1.01. The molecule has 0 aliphatic carbocycles. The molecule has 2 amide bonds. The Hall–Kier alpha value is -2.25. The molecule has 0 radical (unpaired) electrons. The lowest BCUT2D eigenvalue weighted by molar-refractivity contribution is -0.167. The van der Waals surface area contributed by atoms with Gasteiger partial charge in [0.1, 0.15) is 18.8 Å². The molecule has 0 bridgehead atoms. The van der Waals surface area contributed by atoms with Crippen molar-refractivity contribution in [2.24, 2.45) is 0 Å². The highest BCUT2D eigenvalue weighted by Gasteiger charge is 2.36. The summed E-state index contributed by atoms with van der Waals surface area (Å²) in [6, 6.07) is 6.81. The molecule has 134 valence electrons. The predicted octanol–water partition coefficient (Wildman–Crippen LogP) is 2.24. The van der Waals surface area contributed by atoms with Gasteiger partial charge in [0.15, 0.2) is 6.10 Å². The molecular weight excluding hydrogens is 325 g/mol. The van der Waals surface area contributed by atoms with Crippen molar-refractivity contribution in [3.63, 3.8) is 0 Å². The van der Waals surface area contributed by atoms with E-state index in [1.165, 1.54) is 21.0 Å². The molecule has 8 heteroatoms. The van der Waals surface area contributed by atoms with Gasteiger partial charge in [-0.25, -0.2) is 0 Å². The third-order valence-corrected chi connectivity index (χ3v) is 3.16. The highest BCUT2D eigenvalue weighted by Crippen LogP contribution is 2.19. The Morgan fingerprint density at radius 3 is 2.38 bits per heavy atom.